The third-order valence-electron chi connectivity index (χ3n) is 2.60. The highest BCUT2D eigenvalue weighted by Crippen LogP contribution is 2.22. The fourth-order valence-electron chi connectivity index (χ4n) is 1.62. The van der Waals surface area contributed by atoms with Gasteiger partial charge >= 0.3 is 0 Å². The monoisotopic (exact) mass is 290 g/mol. The first kappa shape index (κ1) is 14.6. The molecular formula is C14H14N2O5. The van der Waals surface area contributed by atoms with E-state index in [1.807, 2.05) is 0 Å². The van der Waals surface area contributed by atoms with Gasteiger partial charge in [-0.3, -0.25) is 9.59 Å². The normalized spacial score (nSPS) is 10.0. The van der Waals surface area contributed by atoms with Gasteiger partial charge in [0.1, 0.15) is 17.3 Å². The molecule has 0 saturated carbocycles. The molecule has 0 fully saturated rings. The molecule has 0 saturated heterocycles. The van der Waals surface area contributed by atoms with Crippen LogP contribution < -0.4 is 14.8 Å². The van der Waals surface area contributed by atoms with E-state index in [0.29, 0.717) is 34.9 Å². The van der Waals surface area contributed by atoms with E-state index in [0.717, 1.165) is 0 Å². The van der Waals surface area contributed by atoms with Crippen molar-refractivity contribution in [1.29, 1.82) is 0 Å². The summed E-state index contributed by atoms with van der Waals surface area (Å²) >= 11 is 0. The van der Waals surface area contributed by atoms with E-state index in [9.17, 15) is 9.59 Å². The van der Waals surface area contributed by atoms with Gasteiger partial charge in [0.25, 0.3) is 5.91 Å². The molecule has 0 aliphatic rings. The average molecular weight is 290 g/mol. The SMILES string of the molecule is COc1ccc(OCC(=O)Nc2cc(C)on2)c(C=O)c1. The number of rotatable bonds is 6. The van der Waals surface area contributed by atoms with Crippen LogP contribution in [-0.4, -0.2) is 31.1 Å². The van der Waals surface area contributed by atoms with Gasteiger partial charge in [-0.25, -0.2) is 0 Å². The molecule has 1 heterocycles. The van der Waals surface area contributed by atoms with Crippen LogP contribution in [0.2, 0.25) is 0 Å². The number of benzene rings is 1. The molecule has 0 atom stereocenters. The Balaban J connectivity index is 1.96. The van der Waals surface area contributed by atoms with Crippen LogP contribution in [0.25, 0.3) is 0 Å². The number of hydrogen-bond acceptors (Lipinski definition) is 6. The van der Waals surface area contributed by atoms with E-state index in [4.69, 9.17) is 14.0 Å². The van der Waals surface area contributed by atoms with E-state index in [2.05, 4.69) is 10.5 Å². The van der Waals surface area contributed by atoms with Crippen molar-refractivity contribution in [2.45, 2.75) is 6.92 Å². The number of carbonyl (C=O) groups excluding carboxylic acids is 2. The Morgan fingerprint density at radius 2 is 2.24 bits per heavy atom. The van der Waals surface area contributed by atoms with Crippen molar-refractivity contribution in [2.24, 2.45) is 0 Å². The lowest BCUT2D eigenvalue weighted by Gasteiger charge is -2.09. The van der Waals surface area contributed by atoms with Crippen molar-refractivity contribution in [3.63, 3.8) is 0 Å². The Morgan fingerprint density at radius 3 is 2.86 bits per heavy atom. The number of ether oxygens (including phenoxy) is 2. The number of methoxy groups -OCH3 is 1. The van der Waals surface area contributed by atoms with Crippen molar-refractivity contribution >= 4 is 18.0 Å². The Bertz CT molecular complexity index is 651. The smallest absolute Gasteiger partial charge is 0.263 e. The molecule has 110 valence electrons. The van der Waals surface area contributed by atoms with Crippen molar-refractivity contribution in [3.8, 4) is 11.5 Å². The molecule has 1 amide bonds. The number of amides is 1. The maximum absolute atomic E-state index is 11.7. The third-order valence-corrected chi connectivity index (χ3v) is 2.60. The van der Waals surface area contributed by atoms with Crippen LogP contribution in [0.1, 0.15) is 16.1 Å². The van der Waals surface area contributed by atoms with Gasteiger partial charge in [-0.15, -0.1) is 0 Å². The van der Waals surface area contributed by atoms with Crippen LogP contribution in [0.3, 0.4) is 0 Å². The summed E-state index contributed by atoms with van der Waals surface area (Å²) in [5.74, 6) is 1.33. The van der Waals surface area contributed by atoms with Crippen LogP contribution >= 0.6 is 0 Å². The molecular weight excluding hydrogens is 276 g/mol. The topological polar surface area (TPSA) is 90.7 Å². The zero-order valence-corrected chi connectivity index (χ0v) is 11.6. The summed E-state index contributed by atoms with van der Waals surface area (Å²) in [6.45, 7) is 1.46. The lowest BCUT2D eigenvalue weighted by Crippen LogP contribution is -2.20. The minimum absolute atomic E-state index is 0.251. The predicted molar refractivity (Wildman–Crippen MR) is 73.7 cm³/mol. The van der Waals surface area contributed by atoms with E-state index < -0.39 is 5.91 Å². The first-order chi connectivity index (χ1) is 10.1. The van der Waals surface area contributed by atoms with E-state index in [1.165, 1.54) is 13.2 Å². The molecule has 1 aromatic carbocycles. The molecule has 0 radical (unpaired) electrons. The molecule has 2 rings (SSSR count). The molecule has 0 aliphatic carbocycles. The van der Waals surface area contributed by atoms with Gasteiger partial charge in [0.2, 0.25) is 0 Å². The third kappa shape index (κ3) is 3.82. The number of nitrogens with one attached hydrogen (secondary N) is 1. The van der Waals surface area contributed by atoms with Gasteiger partial charge in [-0.1, -0.05) is 5.16 Å². The first-order valence-corrected chi connectivity index (χ1v) is 6.11. The van der Waals surface area contributed by atoms with Gasteiger partial charge in [-0.05, 0) is 25.1 Å². The number of nitrogens with zero attached hydrogens (tertiary/aromatic N) is 1. The van der Waals surface area contributed by atoms with Crippen molar-refractivity contribution in [2.75, 3.05) is 19.0 Å². The molecule has 1 aromatic heterocycles. The highest BCUT2D eigenvalue weighted by molar-refractivity contribution is 5.91. The number of hydrogen-bond donors (Lipinski definition) is 1. The lowest BCUT2D eigenvalue weighted by molar-refractivity contribution is -0.118. The van der Waals surface area contributed by atoms with Gasteiger partial charge in [-0.2, -0.15) is 0 Å². The summed E-state index contributed by atoms with van der Waals surface area (Å²) in [5.41, 5.74) is 0.305. The predicted octanol–water partition coefficient (Wildman–Crippen LogP) is 1.82. The first-order valence-electron chi connectivity index (χ1n) is 6.11. The molecule has 2 aromatic rings. The molecule has 1 N–H and O–H groups in total. The van der Waals surface area contributed by atoms with Crippen LogP contribution in [-0.2, 0) is 4.79 Å². The summed E-state index contributed by atoms with van der Waals surface area (Å²) in [7, 11) is 1.50. The Labute approximate surface area is 120 Å². The maximum Gasteiger partial charge on any atom is 0.263 e. The van der Waals surface area contributed by atoms with Crippen LogP contribution in [0.5, 0.6) is 11.5 Å². The summed E-state index contributed by atoms with van der Waals surface area (Å²) in [4.78, 5) is 22.7. The van der Waals surface area contributed by atoms with Crippen LogP contribution in [0.4, 0.5) is 5.82 Å². The van der Waals surface area contributed by atoms with Crippen molar-refractivity contribution in [1.82, 2.24) is 5.16 Å². The quantitative estimate of drug-likeness (QED) is 0.816. The zero-order chi connectivity index (χ0) is 15.2. The second-order valence-electron chi connectivity index (χ2n) is 4.18. The van der Waals surface area contributed by atoms with Crippen LogP contribution in [0, 0.1) is 6.92 Å². The largest absolute Gasteiger partial charge is 0.497 e. The Kier molecular flexibility index (Phi) is 4.55. The molecule has 7 nitrogen and oxygen atoms in total. The summed E-state index contributed by atoms with van der Waals surface area (Å²) < 4.78 is 15.1. The maximum atomic E-state index is 11.7. The fourth-order valence-corrected chi connectivity index (χ4v) is 1.62. The number of carbonyl (C=O) groups is 2. The number of aryl methyl sites for hydroxylation is 1. The number of aldehydes is 1. The molecule has 0 aliphatic heterocycles. The van der Waals surface area contributed by atoms with Crippen molar-refractivity contribution in [3.05, 3.63) is 35.6 Å². The summed E-state index contributed by atoms with van der Waals surface area (Å²) in [6, 6.07) is 6.32. The number of aromatic nitrogens is 1. The number of anilines is 1. The van der Waals surface area contributed by atoms with Gasteiger partial charge < -0.3 is 19.3 Å². The Hall–Kier alpha value is -2.83. The van der Waals surface area contributed by atoms with Gasteiger partial charge in [0.15, 0.2) is 18.7 Å². The van der Waals surface area contributed by atoms with Crippen molar-refractivity contribution < 1.29 is 23.6 Å². The highest BCUT2D eigenvalue weighted by Gasteiger charge is 2.10. The summed E-state index contributed by atoms with van der Waals surface area (Å²) in [6.07, 6.45) is 0.636. The second-order valence-corrected chi connectivity index (χ2v) is 4.18. The lowest BCUT2D eigenvalue weighted by atomic mass is 10.2. The molecule has 21 heavy (non-hydrogen) atoms. The van der Waals surface area contributed by atoms with E-state index in [-0.39, 0.29) is 6.61 Å². The highest BCUT2D eigenvalue weighted by atomic mass is 16.5. The fraction of sp³-hybridized carbons (Fsp3) is 0.214. The minimum Gasteiger partial charge on any atom is -0.497 e. The standard InChI is InChI=1S/C14H14N2O5/c1-9-5-13(16-21-9)15-14(18)8-20-12-4-3-11(19-2)6-10(12)7-17/h3-7H,8H2,1-2H3,(H,15,16,18). The zero-order valence-electron chi connectivity index (χ0n) is 11.6. The van der Waals surface area contributed by atoms with Gasteiger partial charge in [0, 0.05) is 6.07 Å². The molecule has 0 unspecified atom stereocenters. The van der Waals surface area contributed by atoms with E-state index in [1.54, 1.807) is 25.1 Å². The van der Waals surface area contributed by atoms with Gasteiger partial charge in [0.05, 0.1) is 12.7 Å². The second kappa shape index (κ2) is 6.56. The van der Waals surface area contributed by atoms with E-state index >= 15 is 0 Å². The van der Waals surface area contributed by atoms with Crippen LogP contribution in [0.15, 0.2) is 28.8 Å². The Morgan fingerprint density at radius 1 is 1.43 bits per heavy atom. The summed E-state index contributed by atoms with van der Waals surface area (Å²) in [5, 5.41) is 6.14. The molecule has 0 spiro atoms. The molecule has 0 bridgehead atoms. The average Bonchev–Trinajstić information content (AvgIpc) is 2.90. The minimum atomic E-state index is -0.407. The molecule has 7 heteroatoms.